The van der Waals surface area contributed by atoms with Gasteiger partial charge in [-0.2, -0.15) is 0 Å². The van der Waals surface area contributed by atoms with Crippen LogP contribution in [0.1, 0.15) is 25.7 Å². The molecule has 0 aromatic heterocycles. The first-order valence-electron chi connectivity index (χ1n) is 7.21. The van der Waals surface area contributed by atoms with Crippen LogP contribution in [0.5, 0.6) is 0 Å². The topological polar surface area (TPSA) is 71.5 Å². The number of nitrogens with zero attached hydrogens (tertiary/aromatic N) is 2. The Labute approximate surface area is 108 Å². The molecule has 4 fully saturated rings. The number of piperidine rings is 1. The average molecular weight is 250 g/mol. The monoisotopic (exact) mass is 250 g/mol. The van der Waals surface area contributed by atoms with Gasteiger partial charge in [0.25, 0.3) is 0 Å². The number of hydrazine groups is 1. The lowest BCUT2D eigenvalue weighted by molar-refractivity contribution is -0.147. The van der Waals surface area contributed by atoms with Crippen LogP contribution in [0.15, 0.2) is 0 Å². The first kappa shape index (κ1) is 11.2. The third-order valence-electron chi connectivity index (χ3n) is 5.07. The molecule has 0 bridgehead atoms. The third kappa shape index (κ3) is 1.76. The molecule has 4 rings (SSSR count). The molecule has 5 heteroatoms. The maximum absolute atomic E-state index is 12.3. The second-order valence-corrected chi connectivity index (χ2v) is 6.78. The van der Waals surface area contributed by atoms with Crippen molar-refractivity contribution < 1.29 is 4.79 Å². The summed E-state index contributed by atoms with van der Waals surface area (Å²) in [6.07, 6.45) is 5.03. The Morgan fingerprint density at radius 2 is 2.06 bits per heavy atom. The Morgan fingerprint density at radius 1 is 1.28 bits per heavy atom. The quantitative estimate of drug-likeness (QED) is 0.514. The molecule has 1 saturated carbocycles. The minimum absolute atomic E-state index is 0.146. The average Bonchev–Trinajstić information content (AvgIpc) is 3.13. The standard InChI is InChI=1S/C13H22N4O/c14-17-5-1-4-13(8-17)6-16(7-13)12(18)11-10(15-11)9-2-3-9/h9-11,15H,1-8,14H2/t10-,11+/m0/s1. The van der Waals surface area contributed by atoms with Crippen molar-refractivity contribution >= 4 is 5.91 Å². The maximum Gasteiger partial charge on any atom is 0.241 e. The molecule has 4 aliphatic rings. The zero-order valence-corrected chi connectivity index (χ0v) is 10.8. The summed E-state index contributed by atoms with van der Waals surface area (Å²) in [6, 6.07) is 0.652. The van der Waals surface area contributed by atoms with Crippen molar-refractivity contribution in [3.63, 3.8) is 0 Å². The van der Waals surface area contributed by atoms with Crippen LogP contribution in [0.4, 0.5) is 0 Å². The molecule has 100 valence electrons. The van der Waals surface area contributed by atoms with Crippen LogP contribution in [0.2, 0.25) is 0 Å². The Morgan fingerprint density at radius 3 is 2.72 bits per heavy atom. The lowest BCUT2D eigenvalue weighted by atomic mass is 9.73. The normalized spacial score (nSPS) is 38.6. The van der Waals surface area contributed by atoms with E-state index in [1.165, 1.54) is 25.7 Å². The molecule has 2 atom stereocenters. The molecule has 0 aromatic rings. The highest BCUT2D eigenvalue weighted by Gasteiger charge is 2.55. The van der Waals surface area contributed by atoms with Gasteiger partial charge in [-0.3, -0.25) is 16.0 Å². The number of nitrogens with one attached hydrogen (secondary N) is 1. The van der Waals surface area contributed by atoms with E-state index in [2.05, 4.69) is 5.32 Å². The Bertz CT molecular complexity index is 375. The van der Waals surface area contributed by atoms with E-state index in [-0.39, 0.29) is 6.04 Å². The van der Waals surface area contributed by atoms with Gasteiger partial charge < -0.3 is 4.90 Å². The fourth-order valence-electron chi connectivity index (χ4n) is 3.86. The maximum atomic E-state index is 12.3. The van der Waals surface area contributed by atoms with E-state index < -0.39 is 0 Å². The summed E-state index contributed by atoms with van der Waals surface area (Å²) >= 11 is 0. The SMILES string of the molecule is NN1CCCC2(C1)CN(C(=O)[C@@H]1N[C@H]1C1CC1)C2. The van der Waals surface area contributed by atoms with Gasteiger partial charge in [-0.05, 0) is 31.6 Å². The van der Waals surface area contributed by atoms with E-state index in [1.807, 2.05) is 9.91 Å². The van der Waals surface area contributed by atoms with Gasteiger partial charge in [-0.1, -0.05) is 0 Å². The minimum atomic E-state index is 0.146. The summed E-state index contributed by atoms with van der Waals surface area (Å²) in [5.41, 5.74) is 0.312. The van der Waals surface area contributed by atoms with Gasteiger partial charge in [-0.15, -0.1) is 0 Å². The molecule has 3 N–H and O–H groups in total. The molecule has 0 aromatic carbocycles. The predicted octanol–water partition coefficient (Wildman–Crippen LogP) is -0.465. The number of hydrogen-bond donors (Lipinski definition) is 2. The van der Waals surface area contributed by atoms with Gasteiger partial charge in [-0.25, -0.2) is 5.01 Å². The zero-order valence-electron chi connectivity index (χ0n) is 10.8. The highest BCUT2D eigenvalue weighted by atomic mass is 16.2. The fraction of sp³-hybridized carbons (Fsp3) is 0.923. The van der Waals surface area contributed by atoms with E-state index in [4.69, 9.17) is 5.84 Å². The second kappa shape index (κ2) is 3.68. The molecule has 3 saturated heterocycles. The van der Waals surface area contributed by atoms with E-state index >= 15 is 0 Å². The van der Waals surface area contributed by atoms with Crippen molar-refractivity contribution in [2.45, 2.75) is 37.8 Å². The first-order valence-corrected chi connectivity index (χ1v) is 7.21. The van der Waals surface area contributed by atoms with Crippen LogP contribution in [-0.2, 0) is 4.79 Å². The van der Waals surface area contributed by atoms with E-state index in [9.17, 15) is 4.79 Å². The molecule has 1 aliphatic carbocycles. The summed E-state index contributed by atoms with van der Waals surface area (Å²) in [5.74, 6) is 7.04. The van der Waals surface area contributed by atoms with Crippen molar-refractivity contribution in [1.82, 2.24) is 15.2 Å². The number of carbonyl (C=O) groups is 1. The van der Waals surface area contributed by atoms with Crippen molar-refractivity contribution in [2.75, 3.05) is 26.2 Å². The molecule has 1 amide bonds. The lowest BCUT2D eigenvalue weighted by Crippen LogP contribution is -2.65. The fourth-order valence-corrected chi connectivity index (χ4v) is 3.86. The van der Waals surface area contributed by atoms with Gasteiger partial charge in [0.05, 0.1) is 0 Å². The molecule has 1 spiro atoms. The van der Waals surface area contributed by atoms with Crippen LogP contribution in [0, 0.1) is 11.3 Å². The van der Waals surface area contributed by atoms with Crippen LogP contribution in [0.25, 0.3) is 0 Å². The number of rotatable bonds is 2. The summed E-state index contributed by atoms with van der Waals surface area (Å²) in [6.45, 7) is 3.81. The summed E-state index contributed by atoms with van der Waals surface area (Å²) < 4.78 is 0. The summed E-state index contributed by atoms with van der Waals surface area (Å²) in [4.78, 5) is 14.3. The minimum Gasteiger partial charge on any atom is -0.340 e. The Kier molecular flexibility index (Phi) is 2.29. The number of amides is 1. The first-order chi connectivity index (χ1) is 8.67. The van der Waals surface area contributed by atoms with E-state index in [0.717, 1.165) is 32.1 Å². The van der Waals surface area contributed by atoms with Crippen LogP contribution in [-0.4, -0.2) is 54.1 Å². The van der Waals surface area contributed by atoms with Crippen molar-refractivity contribution in [1.29, 1.82) is 0 Å². The van der Waals surface area contributed by atoms with Gasteiger partial charge in [0.2, 0.25) is 5.91 Å². The third-order valence-corrected chi connectivity index (χ3v) is 5.07. The highest BCUT2D eigenvalue weighted by molar-refractivity contribution is 5.86. The molecule has 0 radical (unpaired) electrons. The van der Waals surface area contributed by atoms with Gasteiger partial charge in [0, 0.05) is 37.6 Å². The van der Waals surface area contributed by atoms with Gasteiger partial charge in [0.1, 0.15) is 6.04 Å². The summed E-state index contributed by atoms with van der Waals surface area (Å²) in [7, 11) is 0. The Hall–Kier alpha value is -0.650. The molecule has 3 heterocycles. The van der Waals surface area contributed by atoms with Crippen LogP contribution < -0.4 is 11.2 Å². The number of likely N-dealkylation sites (tertiary alicyclic amines) is 1. The van der Waals surface area contributed by atoms with Crippen molar-refractivity contribution in [2.24, 2.45) is 17.2 Å². The van der Waals surface area contributed by atoms with Crippen molar-refractivity contribution in [3.8, 4) is 0 Å². The molecule has 5 nitrogen and oxygen atoms in total. The number of hydrogen-bond acceptors (Lipinski definition) is 4. The van der Waals surface area contributed by atoms with Crippen LogP contribution in [0.3, 0.4) is 0 Å². The molecule has 3 aliphatic heterocycles. The van der Waals surface area contributed by atoms with E-state index in [0.29, 0.717) is 17.4 Å². The molecule has 18 heavy (non-hydrogen) atoms. The molecule has 0 unspecified atom stereocenters. The summed E-state index contributed by atoms with van der Waals surface area (Å²) in [5, 5.41) is 5.28. The molecular weight excluding hydrogens is 228 g/mol. The van der Waals surface area contributed by atoms with Gasteiger partial charge >= 0.3 is 0 Å². The highest BCUT2D eigenvalue weighted by Crippen LogP contribution is 2.43. The van der Waals surface area contributed by atoms with Gasteiger partial charge in [0.15, 0.2) is 0 Å². The largest absolute Gasteiger partial charge is 0.340 e. The van der Waals surface area contributed by atoms with Crippen molar-refractivity contribution in [3.05, 3.63) is 0 Å². The predicted molar refractivity (Wildman–Crippen MR) is 67.4 cm³/mol. The zero-order chi connectivity index (χ0) is 12.3. The Balaban J connectivity index is 1.32. The van der Waals surface area contributed by atoms with Crippen LogP contribution >= 0.6 is 0 Å². The smallest absolute Gasteiger partial charge is 0.241 e. The molecular formula is C13H22N4O. The van der Waals surface area contributed by atoms with E-state index in [1.54, 1.807) is 0 Å². The second-order valence-electron chi connectivity index (χ2n) is 6.78. The lowest BCUT2D eigenvalue weighted by Gasteiger charge is -2.54. The number of carbonyl (C=O) groups excluding carboxylic acids is 1. The number of nitrogens with two attached hydrogens (primary N) is 1.